The Morgan fingerprint density at radius 1 is 0.714 bits per heavy atom. The topological polar surface area (TPSA) is 152 Å². The summed E-state index contributed by atoms with van der Waals surface area (Å²) in [4.78, 5) is 24.8. The minimum absolute atomic E-state index is 0.219. The van der Waals surface area contributed by atoms with Crippen LogP contribution in [0.25, 0.3) is 0 Å². The molecule has 0 saturated carbocycles. The molecule has 0 spiro atoms. The molecule has 0 amide bonds. The molecule has 1 saturated heterocycles. The van der Waals surface area contributed by atoms with Crippen molar-refractivity contribution in [1.29, 1.82) is 0 Å². The number of hydrogen-bond acceptors (Lipinski definition) is 10. The number of unbranched alkanes of at least 4 members (excludes halogenated alkanes) is 12. The van der Waals surface area contributed by atoms with E-state index in [-0.39, 0.29) is 32.0 Å². The van der Waals surface area contributed by atoms with Crippen molar-refractivity contribution in [3.05, 3.63) is 12.2 Å². The summed E-state index contributed by atoms with van der Waals surface area (Å²) in [5.41, 5.74) is 0. The Bertz CT molecular complexity index is 713. The van der Waals surface area contributed by atoms with Crippen molar-refractivity contribution in [1.82, 2.24) is 0 Å². The molecule has 1 fully saturated rings. The Kier molecular flexibility index (Phi) is 22.7. The number of aliphatic hydroxyl groups excluding tert-OH is 4. The number of carbonyl (C=O) groups is 2. The summed E-state index contributed by atoms with van der Waals surface area (Å²) in [5, 5.41) is 39.6. The van der Waals surface area contributed by atoms with Crippen molar-refractivity contribution >= 4 is 11.9 Å². The van der Waals surface area contributed by atoms with E-state index in [0.29, 0.717) is 6.42 Å². The smallest absolute Gasteiger partial charge is 0.306 e. The van der Waals surface area contributed by atoms with Crippen molar-refractivity contribution in [2.75, 3.05) is 19.8 Å². The quantitative estimate of drug-likeness (QED) is 0.0668. The second kappa shape index (κ2) is 24.8. The van der Waals surface area contributed by atoms with Crippen LogP contribution in [-0.2, 0) is 28.5 Å². The zero-order chi connectivity index (χ0) is 31.0. The van der Waals surface area contributed by atoms with Gasteiger partial charge in [-0.2, -0.15) is 0 Å². The van der Waals surface area contributed by atoms with Gasteiger partial charge in [-0.3, -0.25) is 9.59 Å². The number of allylic oxidation sites excluding steroid dienone is 2. The van der Waals surface area contributed by atoms with Gasteiger partial charge in [-0.1, -0.05) is 90.2 Å². The normalized spacial score (nSPS) is 23.2. The molecule has 10 nitrogen and oxygen atoms in total. The van der Waals surface area contributed by atoms with Gasteiger partial charge >= 0.3 is 11.9 Å². The molecule has 0 aromatic carbocycles. The molecule has 42 heavy (non-hydrogen) atoms. The van der Waals surface area contributed by atoms with Gasteiger partial charge in [0.15, 0.2) is 12.4 Å². The maximum Gasteiger partial charge on any atom is 0.306 e. The average Bonchev–Trinajstić information content (AvgIpc) is 2.98. The molecular formula is C32H58O10. The van der Waals surface area contributed by atoms with Crippen molar-refractivity contribution in [3.8, 4) is 0 Å². The van der Waals surface area contributed by atoms with Crippen molar-refractivity contribution in [2.45, 2.75) is 160 Å². The molecule has 1 aliphatic heterocycles. The van der Waals surface area contributed by atoms with Crippen molar-refractivity contribution in [3.63, 3.8) is 0 Å². The standard InChI is InChI=1S/C32H58O10/c1-3-5-7-9-11-12-13-14-15-17-19-21-28(35)41-25(23-39-27(34)20-18-16-10-8-6-4-2)24-40-32-31(38)30(37)29(36)26(22-33)42-32/h9,11,25-26,29-33,36-38H,3-8,10,12-24H2,1-2H3/b11-9-. The molecule has 0 radical (unpaired) electrons. The van der Waals surface area contributed by atoms with Crippen LogP contribution in [-0.4, -0.2) is 89.0 Å². The van der Waals surface area contributed by atoms with E-state index in [1.54, 1.807) is 0 Å². The molecule has 0 bridgehead atoms. The molecule has 1 heterocycles. The third-order valence-corrected chi connectivity index (χ3v) is 7.40. The third-order valence-electron chi connectivity index (χ3n) is 7.40. The van der Waals surface area contributed by atoms with Crippen LogP contribution in [0.15, 0.2) is 12.2 Å². The fourth-order valence-electron chi connectivity index (χ4n) is 4.70. The van der Waals surface area contributed by atoms with Gasteiger partial charge in [0.1, 0.15) is 31.0 Å². The van der Waals surface area contributed by atoms with Gasteiger partial charge in [-0.05, 0) is 32.1 Å². The van der Waals surface area contributed by atoms with Crippen LogP contribution < -0.4 is 0 Å². The van der Waals surface area contributed by atoms with Crippen molar-refractivity contribution in [2.24, 2.45) is 0 Å². The highest BCUT2D eigenvalue weighted by molar-refractivity contribution is 5.70. The molecule has 0 aromatic heterocycles. The molecular weight excluding hydrogens is 544 g/mol. The molecule has 10 heteroatoms. The van der Waals surface area contributed by atoms with Gasteiger partial charge < -0.3 is 39.4 Å². The summed E-state index contributed by atoms with van der Waals surface area (Å²) in [5.74, 6) is -0.831. The summed E-state index contributed by atoms with van der Waals surface area (Å²) in [6, 6.07) is 0. The number of rotatable bonds is 25. The Labute approximate surface area is 252 Å². The summed E-state index contributed by atoms with van der Waals surface area (Å²) in [6.07, 6.45) is 12.7. The van der Waals surface area contributed by atoms with Gasteiger partial charge in [-0.15, -0.1) is 0 Å². The minimum Gasteiger partial charge on any atom is -0.462 e. The molecule has 0 aromatic rings. The largest absolute Gasteiger partial charge is 0.462 e. The van der Waals surface area contributed by atoms with Crippen LogP contribution in [0, 0.1) is 0 Å². The Morgan fingerprint density at radius 2 is 1.29 bits per heavy atom. The first-order valence-electron chi connectivity index (χ1n) is 16.3. The first-order valence-corrected chi connectivity index (χ1v) is 16.3. The molecule has 6 unspecified atom stereocenters. The molecule has 1 rings (SSSR count). The first-order chi connectivity index (χ1) is 20.3. The van der Waals surface area contributed by atoms with Gasteiger partial charge in [0.2, 0.25) is 0 Å². The Morgan fingerprint density at radius 3 is 1.93 bits per heavy atom. The lowest BCUT2D eigenvalue weighted by molar-refractivity contribution is -0.305. The zero-order valence-electron chi connectivity index (χ0n) is 26.0. The van der Waals surface area contributed by atoms with E-state index in [4.69, 9.17) is 18.9 Å². The fraction of sp³-hybridized carbons (Fsp3) is 0.875. The number of hydrogen-bond donors (Lipinski definition) is 4. The van der Waals surface area contributed by atoms with E-state index in [0.717, 1.165) is 70.6 Å². The van der Waals surface area contributed by atoms with Crippen LogP contribution in [0.5, 0.6) is 0 Å². The van der Waals surface area contributed by atoms with E-state index in [9.17, 15) is 30.0 Å². The summed E-state index contributed by atoms with van der Waals surface area (Å²) >= 11 is 0. The van der Waals surface area contributed by atoms with Gasteiger partial charge in [0.05, 0.1) is 13.2 Å². The number of carbonyl (C=O) groups excluding carboxylic acids is 2. The maximum atomic E-state index is 12.6. The zero-order valence-corrected chi connectivity index (χ0v) is 26.0. The number of aliphatic hydroxyl groups is 4. The lowest BCUT2D eigenvalue weighted by atomic mass is 9.99. The molecule has 6 atom stereocenters. The van der Waals surface area contributed by atoms with Crippen LogP contribution in [0.3, 0.4) is 0 Å². The molecule has 0 aliphatic carbocycles. The van der Waals surface area contributed by atoms with Gasteiger partial charge in [0.25, 0.3) is 0 Å². The van der Waals surface area contributed by atoms with Crippen LogP contribution >= 0.6 is 0 Å². The Balaban J connectivity index is 2.48. The van der Waals surface area contributed by atoms with Crippen LogP contribution in [0.4, 0.5) is 0 Å². The van der Waals surface area contributed by atoms with E-state index in [1.807, 2.05) is 0 Å². The lowest BCUT2D eigenvalue weighted by Gasteiger charge is -2.39. The number of ether oxygens (including phenoxy) is 4. The van der Waals surface area contributed by atoms with Crippen LogP contribution in [0.1, 0.15) is 123 Å². The van der Waals surface area contributed by atoms with E-state index in [1.165, 1.54) is 19.3 Å². The average molecular weight is 603 g/mol. The SMILES string of the molecule is CCCC/C=C\CCCCCCCC(=O)OC(COC(=O)CCCCCCCC)COC1OC(CO)C(O)C(O)C1O. The fourth-order valence-corrected chi connectivity index (χ4v) is 4.70. The monoisotopic (exact) mass is 602 g/mol. The second-order valence-electron chi connectivity index (χ2n) is 11.3. The molecule has 4 N–H and O–H groups in total. The van der Waals surface area contributed by atoms with E-state index >= 15 is 0 Å². The highest BCUT2D eigenvalue weighted by Crippen LogP contribution is 2.22. The van der Waals surface area contributed by atoms with Gasteiger partial charge in [0, 0.05) is 12.8 Å². The summed E-state index contributed by atoms with van der Waals surface area (Å²) in [6.45, 7) is 3.26. The predicted octanol–water partition coefficient (Wildman–Crippen LogP) is 4.49. The highest BCUT2D eigenvalue weighted by Gasteiger charge is 2.44. The van der Waals surface area contributed by atoms with E-state index < -0.39 is 49.4 Å². The number of esters is 2. The summed E-state index contributed by atoms with van der Waals surface area (Å²) in [7, 11) is 0. The van der Waals surface area contributed by atoms with Crippen molar-refractivity contribution < 1.29 is 49.0 Å². The highest BCUT2D eigenvalue weighted by atomic mass is 16.7. The maximum absolute atomic E-state index is 12.6. The van der Waals surface area contributed by atoms with Crippen LogP contribution in [0.2, 0.25) is 0 Å². The first kappa shape index (κ1) is 38.5. The minimum atomic E-state index is -1.59. The molecule has 1 aliphatic rings. The van der Waals surface area contributed by atoms with Gasteiger partial charge in [-0.25, -0.2) is 0 Å². The molecule has 246 valence electrons. The second-order valence-corrected chi connectivity index (χ2v) is 11.3. The predicted molar refractivity (Wildman–Crippen MR) is 160 cm³/mol. The van der Waals surface area contributed by atoms with E-state index in [2.05, 4.69) is 26.0 Å². The lowest BCUT2D eigenvalue weighted by Crippen LogP contribution is -2.59. The summed E-state index contributed by atoms with van der Waals surface area (Å²) < 4.78 is 21.8. The Hall–Kier alpha value is -1.56. The third kappa shape index (κ3) is 17.5.